The van der Waals surface area contributed by atoms with Crippen molar-refractivity contribution in [3.8, 4) is 23.0 Å². The van der Waals surface area contributed by atoms with Gasteiger partial charge < -0.3 is 24.3 Å². The summed E-state index contributed by atoms with van der Waals surface area (Å²) in [6.07, 6.45) is 0.859. The minimum Gasteiger partial charge on any atom is -0.493 e. The molecule has 1 N–H and O–H groups in total. The van der Waals surface area contributed by atoms with E-state index in [-0.39, 0.29) is 6.79 Å². The lowest BCUT2D eigenvalue weighted by Crippen LogP contribution is -2.04. The first-order valence-electron chi connectivity index (χ1n) is 9.29. The molecule has 0 aromatic heterocycles. The standard InChI is InChI=1S/C23H23NO4/c1-25-22-13-18(15-24-19-8-10-21-23(14-19)28-16-27-21)7-9-20(22)26-12-11-17-5-3-2-4-6-17/h2-10,13-14,24H,11-12,15-16H2,1H3. The molecule has 144 valence electrons. The van der Waals surface area contributed by atoms with Crippen molar-refractivity contribution in [1.29, 1.82) is 0 Å². The Labute approximate surface area is 164 Å². The molecule has 0 fully saturated rings. The van der Waals surface area contributed by atoms with E-state index in [1.807, 2.05) is 54.6 Å². The minimum atomic E-state index is 0.279. The molecule has 0 aliphatic carbocycles. The third-order valence-electron chi connectivity index (χ3n) is 4.59. The monoisotopic (exact) mass is 377 g/mol. The second-order valence-corrected chi connectivity index (χ2v) is 6.49. The van der Waals surface area contributed by atoms with E-state index in [4.69, 9.17) is 18.9 Å². The van der Waals surface area contributed by atoms with Gasteiger partial charge in [0.1, 0.15) is 0 Å². The summed E-state index contributed by atoms with van der Waals surface area (Å²) in [5.74, 6) is 3.04. The highest BCUT2D eigenvalue weighted by Crippen LogP contribution is 2.34. The van der Waals surface area contributed by atoms with Crippen molar-refractivity contribution in [3.63, 3.8) is 0 Å². The zero-order valence-corrected chi connectivity index (χ0v) is 15.8. The maximum absolute atomic E-state index is 5.92. The summed E-state index contributed by atoms with van der Waals surface area (Å²) in [6, 6.07) is 22.1. The molecule has 1 aliphatic rings. The normalized spacial score (nSPS) is 11.9. The van der Waals surface area contributed by atoms with Crippen LogP contribution >= 0.6 is 0 Å². The first kappa shape index (κ1) is 18.0. The van der Waals surface area contributed by atoms with E-state index in [1.54, 1.807) is 7.11 Å². The van der Waals surface area contributed by atoms with Gasteiger partial charge in [-0.3, -0.25) is 0 Å². The van der Waals surface area contributed by atoms with E-state index < -0.39 is 0 Å². The van der Waals surface area contributed by atoms with Crippen molar-refractivity contribution in [1.82, 2.24) is 0 Å². The van der Waals surface area contributed by atoms with Crippen LogP contribution in [-0.2, 0) is 13.0 Å². The van der Waals surface area contributed by atoms with Gasteiger partial charge in [0.15, 0.2) is 23.0 Å². The number of methoxy groups -OCH3 is 1. The van der Waals surface area contributed by atoms with Gasteiger partial charge in [0.25, 0.3) is 0 Å². The van der Waals surface area contributed by atoms with Crippen molar-refractivity contribution < 1.29 is 18.9 Å². The van der Waals surface area contributed by atoms with E-state index in [1.165, 1.54) is 5.56 Å². The average Bonchev–Trinajstić information content (AvgIpc) is 3.21. The summed E-state index contributed by atoms with van der Waals surface area (Å²) in [5.41, 5.74) is 3.34. The average molecular weight is 377 g/mol. The highest BCUT2D eigenvalue weighted by atomic mass is 16.7. The van der Waals surface area contributed by atoms with Crippen LogP contribution in [0.25, 0.3) is 0 Å². The molecule has 0 radical (unpaired) electrons. The molecule has 0 saturated heterocycles. The van der Waals surface area contributed by atoms with Crippen LogP contribution in [0, 0.1) is 0 Å². The number of ether oxygens (including phenoxy) is 4. The molecule has 5 nitrogen and oxygen atoms in total. The molecule has 0 saturated carbocycles. The molecular formula is C23H23NO4. The van der Waals surface area contributed by atoms with Gasteiger partial charge in [-0.15, -0.1) is 0 Å². The Kier molecular flexibility index (Phi) is 5.52. The van der Waals surface area contributed by atoms with Gasteiger partial charge in [0.2, 0.25) is 6.79 Å². The maximum Gasteiger partial charge on any atom is 0.231 e. The third-order valence-corrected chi connectivity index (χ3v) is 4.59. The molecule has 5 heteroatoms. The molecule has 1 aliphatic heterocycles. The third kappa shape index (κ3) is 4.31. The van der Waals surface area contributed by atoms with Crippen LogP contribution in [0.4, 0.5) is 5.69 Å². The van der Waals surface area contributed by atoms with Crippen LogP contribution in [0.1, 0.15) is 11.1 Å². The Balaban J connectivity index is 1.35. The Morgan fingerprint density at radius 1 is 0.857 bits per heavy atom. The summed E-state index contributed by atoms with van der Waals surface area (Å²) in [6.45, 7) is 1.55. The number of hydrogen-bond acceptors (Lipinski definition) is 5. The van der Waals surface area contributed by atoms with Gasteiger partial charge in [-0.2, -0.15) is 0 Å². The van der Waals surface area contributed by atoms with Crippen LogP contribution in [-0.4, -0.2) is 20.5 Å². The lowest BCUT2D eigenvalue weighted by molar-refractivity contribution is 0.174. The maximum atomic E-state index is 5.92. The zero-order chi connectivity index (χ0) is 19.2. The number of rotatable bonds is 8. The Morgan fingerprint density at radius 3 is 2.57 bits per heavy atom. The summed E-state index contributed by atoms with van der Waals surface area (Å²) >= 11 is 0. The van der Waals surface area contributed by atoms with Crippen LogP contribution in [0.2, 0.25) is 0 Å². The fourth-order valence-electron chi connectivity index (χ4n) is 3.08. The van der Waals surface area contributed by atoms with Gasteiger partial charge in [-0.05, 0) is 35.4 Å². The van der Waals surface area contributed by atoms with Crippen LogP contribution in [0.3, 0.4) is 0 Å². The molecule has 0 unspecified atom stereocenters. The molecule has 4 rings (SSSR count). The Morgan fingerprint density at radius 2 is 1.71 bits per heavy atom. The molecule has 3 aromatic rings. The summed E-state index contributed by atoms with van der Waals surface area (Å²) < 4.78 is 22.2. The Hall–Kier alpha value is -3.34. The zero-order valence-electron chi connectivity index (χ0n) is 15.8. The first-order chi connectivity index (χ1) is 13.8. The van der Waals surface area contributed by atoms with E-state index >= 15 is 0 Å². The summed E-state index contributed by atoms with van der Waals surface area (Å²) in [7, 11) is 1.66. The first-order valence-corrected chi connectivity index (χ1v) is 9.29. The van der Waals surface area contributed by atoms with Crippen LogP contribution < -0.4 is 24.3 Å². The molecule has 0 spiro atoms. The number of nitrogens with one attached hydrogen (secondary N) is 1. The molecule has 28 heavy (non-hydrogen) atoms. The number of hydrogen-bond donors (Lipinski definition) is 1. The quantitative estimate of drug-likeness (QED) is 0.619. The second kappa shape index (κ2) is 8.57. The van der Waals surface area contributed by atoms with Crippen molar-refractivity contribution in [2.75, 3.05) is 25.8 Å². The second-order valence-electron chi connectivity index (χ2n) is 6.49. The Bertz CT molecular complexity index is 927. The molecular weight excluding hydrogens is 354 g/mol. The van der Waals surface area contributed by atoms with Crippen molar-refractivity contribution in [2.24, 2.45) is 0 Å². The molecule has 1 heterocycles. The summed E-state index contributed by atoms with van der Waals surface area (Å²) in [5, 5.41) is 3.39. The predicted octanol–water partition coefficient (Wildman–Crippen LogP) is 4.66. The fourth-order valence-corrected chi connectivity index (χ4v) is 3.08. The molecule has 3 aromatic carbocycles. The van der Waals surface area contributed by atoms with Crippen molar-refractivity contribution >= 4 is 5.69 Å². The molecule has 0 atom stereocenters. The topological polar surface area (TPSA) is 49.0 Å². The number of fused-ring (bicyclic) bond motifs is 1. The van der Waals surface area contributed by atoms with Crippen molar-refractivity contribution in [3.05, 3.63) is 77.9 Å². The van der Waals surface area contributed by atoms with Gasteiger partial charge in [0, 0.05) is 24.7 Å². The number of benzene rings is 3. The van der Waals surface area contributed by atoms with Crippen molar-refractivity contribution in [2.45, 2.75) is 13.0 Å². The number of anilines is 1. The van der Waals surface area contributed by atoms with Crippen LogP contribution in [0.5, 0.6) is 23.0 Å². The highest BCUT2D eigenvalue weighted by Gasteiger charge is 2.13. The summed E-state index contributed by atoms with van der Waals surface area (Å²) in [4.78, 5) is 0. The lowest BCUT2D eigenvalue weighted by atomic mass is 10.1. The lowest BCUT2D eigenvalue weighted by Gasteiger charge is -2.13. The fraction of sp³-hybridized carbons (Fsp3) is 0.217. The van der Waals surface area contributed by atoms with E-state index in [2.05, 4.69) is 17.4 Å². The largest absolute Gasteiger partial charge is 0.493 e. The molecule has 0 amide bonds. The molecule has 0 bridgehead atoms. The van der Waals surface area contributed by atoms with Gasteiger partial charge in [-0.25, -0.2) is 0 Å². The van der Waals surface area contributed by atoms with Crippen LogP contribution in [0.15, 0.2) is 66.7 Å². The van der Waals surface area contributed by atoms with Gasteiger partial charge in [-0.1, -0.05) is 36.4 Å². The smallest absolute Gasteiger partial charge is 0.231 e. The van der Waals surface area contributed by atoms with E-state index in [0.29, 0.717) is 13.2 Å². The predicted molar refractivity (Wildman–Crippen MR) is 109 cm³/mol. The SMILES string of the molecule is COc1cc(CNc2ccc3c(c2)OCO3)ccc1OCCc1ccccc1. The highest BCUT2D eigenvalue weighted by molar-refractivity contribution is 5.56. The minimum absolute atomic E-state index is 0.279. The van der Waals surface area contributed by atoms with Gasteiger partial charge in [0.05, 0.1) is 13.7 Å². The van der Waals surface area contributed by atoms with E-state index in [9.17, 15) is 0 Å². The van der Waals surface area contributed by atoms with Gasteiger partial charge >= 0.3 is 0 Å². The van der Waals surface area contributed by atoms with E-state index in [0.717, 1.165) is 40.7 Å².